The van der Waals surface area contributed by atoms with Crippen LogP contribution in [-0.2, 0) is 11.3 Å². The first-order chi connectivity index (χ1) is 8.19. The van der Waals surface area contributed by atoms with Crippen LogP contribution in [-0.4, -0.2) is 27.0 Å². The molecule has 0 aliphatic carbocycles. The molecule has 0 fully saturated rings. The smallest absolute Gasteiger partial charge is 0.158 e. The summed E-state index contributed by atoms with van der Waals surface area (Å²) in [5, 5.41) is 0. The van der Waals surface area contributed by atoms with Gasteiger partial charge in [0.1, 0.15) is 16.2 Å². The third kappa shape index (κ3) is 2.92. The molecule has 17 heavy (non-hydrogen) atoms. The van der Waals surface area contributed by atoms with E-state index in [-0.39, 0.29) is 0 Å². The fourth-order valence-corrected chi connectivity index (χ4v) is 1.68. The molecule has 0 aliphatic rings. The minimum atomic E-state index is 0.462. The molecule has 0 aromatic carbocycles. The van der Waals surface area contributed by atoms with Gasteiger partial charge in [0.05, 0.1) is 6.61 Å². The minimum Gasteiger partial charge on any atom is -0.378 e. The fourth-order valence-electron chi connectivity index (χ4n) is 1.45. The maximum Gasteiger partial charge on any atom is 0.158 e. The average Bonchev–Trinajstić information content (AvgIpc) is 2.28. The van der Waals surface area contributed by atoms with Crippen molar-refractivity contribution in [3.8, 4) is 11.5 Å². The number of rotatable bonds is 3. The molecule has 0 aliphatic heterocycles. The van der Waals surface area contributed by atoms with E-state index in [9.17, 15) is 0 Å². The van der Waals surface area contributed by atoms with Gasteiger partial charge in [-0.3, -0.25) is 0 Å². The second-order valence-corrected chi connectivity index (χ2v) is 3.93. The summed E-state index contributed by atoms with van der Waals surface area (Å²) in [6.45, 7) is 2.29. The molecule has 0 radical (unpaired) electrons. The van der Waals surface area contributed by atoms with E-state index in [1.54, 1.807) is 25.4 Å². The normalized spacial score (nSPS) is 10.5. The molecule has 0 saturated heterocycles. The first kappa shape index (κ1) is 11.8. The predicted octanol–water partition coefficient (Wildman–Crippen LogP) is 2.05. The molecule has 0 amide bonds. The molecule has 0 saturated carbocycles. The van der Waals surface area contributed by atoms with Crippen molar-refractivity contribution in [2.75, 3.05) is 7.11 Å². The largest absolute Gasteiger partial charge is 0.378 e. The Kier molecular flexibility index (Phi) is 3.55. The third-order valence-corrected chi connectivity index (χ3v) is 2.33. The Labute approximate surface area is 104 Å². The third-order valence-electron chi connectivity index (χ3n) is 2.12. The van der Waals surface area contributed by atoms with Crippen molar-refractivity contribution in [2.45, 2.75) is 13.5 Å². The summed E-state index contributed by atoms with van der Waals surface area (Å²) < 4.78 is 5.58. The van der Waals surface area contributed by atoms with Gasteiger partial charge in [0, 0.05) is 19.0 Å². The van der Waals surface area contributed by atoms with Crippen LogP contribution in [0.15, 0.2) is 18.3 Å². The van der Waals surface area contributed by atoms with E-state index in [2.05, 4.69) is 19.9 Å². The highest BCUT2D eigenvalue weighted by Gasteiger charge is 2.04. The van der Waals surface area contributed by atoms with Gasteiger partial charge < -0.3 is 9.72 Å². The number of aromatic nitrogens is 4. The molecular weight excluding hydrogens is 236 g/mol. The molecule has 0 bridgehead atoms. The number of aromatic amines is 1. The van der Waals surface area contributed by atoms with Gasteiger partial charge in [-0.2, -0.15) is 0 Å². The van der Waals surface area contributed by atoms with Crippen molar-refractivity contribution < 1.29 is 4.74 Å². The molecule has 0 unspecified atom stereocenters. The van der Waals surface area contributed by atoms with Crippen molar-refractivity contribution in [3.63, 3.8) is 0 Å². The zero-order valence-electron chi connectivity index (χ0n) is 9.60. The number of hydrogen-bond acceptors (Lipinski definition) is 5. The number of H-pyrrole nitrogens is 1. The average molecular weight is 248 g/mol. The standard InChI is InChI=1S/C11H12N4OS/c1-7-12-4-3-9(13-7)11-14-8(6-16-2)5-10(17)15-11/h3-5H,6H2,1-2H3,(H,14,15,17). The summed E-state index contributed by atoms with van der Waals surface area (Å²) in [5.41, 5.74) is 1.60. The minimum absolute atomic E-state index is 0.462. The quantitative estimate of drug-likeness (QED) is 0.842. The zero-order chi connectivity index (χ0) is 12.3. The highest BCUT2D eigenvalue weighted by Crippen LogP contribution is 2.12. The summed E-state index contributed by atoms with van der Waals surface area (Å²) in [6.07, 6.45) is 1.69. The van der Waals surface area contributed by atoms with E-state index in [0.29, 0.717) is 22.9 Å². The Bertz CT molecular complexity index is 582. The summed E-state index contributed by atoms with van der Waals surface area (Å²) in [6, 6.07) is 3.56. The van der Waals surface area contributed by atoms with Crippen LogP contribution in [0.2, 0.25) is 0 Å². The van der Waals surface area contributed by atoms with Crippen LogP contribution in [0.3, 0.4) is 0 Å². The fraction of sp³-hybridized carbons (Fsp3) is 0.273. The van der Waals surface area contributed by atoms with E-state index in [0.717, 1.165) is 11.4 Å². The number of nitrogens with zero attached hydrogens (tertiary/aromatic N) is 3. The van der Waals surface area contributed by atoms with Crippen molar-refractivity contribution >= 4 is 12.2 Å². The number of aryl methyl sites for hydroxylation is 1. The maximum atomic E-state index is 5.10. The Morgan fingerprint density at radius 3 is 2.94 bits per heavy atom. The zero-order valence-corrected chi connectivity index (χ0v) is 10.4. The lowest BCUT2D eigenvalue weighted by Crippen LogP contribution is -1.99. The summed E-state index contributed by atoms with van der Waals surface area (Å²) in [4.78, 5) is 15.7. The second kappa shape index (κ2) is 5.11. The molecule has 2 heterocycles. The molecule has 6 heteroatoms. The molecule has 2 aromatic rings. The predicted molar refractivity (Wildman–Crippen MR) is 65.9 cm³/mol. The summed E-state index contributed by atoms with van der Waals surface area (Å²) in [5.74, 6) is 1.33. The Morgan fingerprint density at radius 2 is 2.24 bits per heavy atom. The van der Waals surface area contributed by atoms with Crippen molar-refractivity contribution in [3.05, 3.63) is 34.5 Å². The van der Waals surface area contributed by atoms with Crippen LogP contribution in [0.5, 0.6) is 0 Å². The number of methoxy groups -OCH3 is 1. The van der Waals surface area contributed by atoms with Gasteiger partial charge in [0.25, 0.3) is 0 Å². The lowest BCUT2D eigenvalue weighted by Gasteiger charge is -2.04. The molecule has 2 aromatic heterocycles. The Hall–Kier alpha value is -1.66. The first-order valence-electron chi connectivity index (χ1n) is 5.08. The van der Waals surface area contributed by atoms with Crippen molar-refractivity contribution in [1.29, 1.82) is 0 Å². The number of nitrogens with one attached hydrogen (secondary N) is 1. The van der Waals surface area contributed by atoms with Crippen molar-refractivity contribution in [2.24, 2.45) is 0 Å². The van der Waals surface area contributed by atoms with Gasteiger partial charge in [0.15, 0.2) is 5.82 Å². The van der Waals surface area contributed by atoms with Gasteiger partial charge in [-0.05, 0) is 19.1 Å². The van der Waals surface area contributed by atoms with Gasteiger partial charge in [0.2, 0.25) is 0 Å². The maximum absolute atomic E-state index is 5.10. The van der Waals surface area contributed by atoms with E-state index in [1.807, 2.05) is 6.92 Å². The van der Waals surface area contributed by atoms with Crippen LogP contribution >= 0.6 is 12.2 Å². The topological polar surface area (TPSA) is 63.7 Å². The van der Waals surface area contributed by atoms with Crippen LogP contribution in [0.1, 0.15) is 11.5 Å². The highest BCUT2D eigenvalue weighted by molar-refractivity contribution is 7.71. The van der Waals surface area contributed by atoms with Crippen LogP contribution in [0.25, 0.3) is 11.5 Å². The van der Waals surface area contributed by atoms with Crippen molar-refractivity contribution in [1.82, 2.24) is 19.9 Å². The van der Waals surface area contributed by atoms with Crippen LogP contribution in [0.4, 0.5) is 0 Å². The molecule has 1 N–H and O–H groups in total. The highest BCUT2D eigenvalue weighted by atomic mass is 32.1. The van der Waals surface area contributed by atoms with E-state index in [1.165, 1.54) is 0 Å². The Balaban J connectivity index is 2.48. The monoisotopic (exact) mass is 248 g/mol. The second-order valence-electron chi connectivity index (χ2n) is 3.52. The summed E-state index contributed by atoms with van der Waals surface area (Å²) in [7, 11) is 1.63. The lowest BCUT2D eigenvalue weighted by atomic mass is 10.3. The summed E-state index contributed by atoms with van der Waals surface area (Å²) >= 11 is 5.10. The molecule has 88 valence electrons. The van der Waals surface area contributed by atoms with Gasteiger partial charge >= 0.3 is 0 Å². The number of hydrogen-bond donors (Lipinski definition) is 1. The first-order valence-corrected chi connectivity index (χ1v) is 5.49. The van der Waals surface area contributed by atoms with E-state index >= 15 is 0 Å². The van der Waals surface area contributed by atoms with Gasteiger partial charge in [-0.1, -0.05) is 12.2 Å². The van der Waals surface area contributed by atoms with Crippen LogP contribution < -0.4 is 0 Å². The molecular formula is C11H12N4OS. The number of ether oxygens (including phenoxy) is 1. The van der Waals surface area contributed by atoms with E-state index in [4.69, 9.17) is 17.0 Å². The van der Waals surface area contributed by atoms with E-state index < -0.39 is 0 Å². The molecule has 2 rings (SSSR count). The molecule has 0 atom stereocenters. The van der Waals surface area contributed by atoms with Gasteiger partial charge in [-0.15, -0.1) is 0 Å². The van der Waals surface area contributed by atoms with Gasteiger partial charge in [-0.25, -0.2) is 15.0 Å². The molecule has 5 nitrogen and oxygen atoms in total. The Morgan fingerprint density at radius 1 is 1.41 bits per heavy atom. The van der Waals surface area contributed by atoms with Crippen LogP contribution in [0, 0.1) is 11.6 Å². The lowest BCUT2D eigenvalue weighted by molar-refractivity contribution is 0.181. The SMILES string of the molecule is COCc1cc(=S)nc(-c2ccnc(C)n2)[nH]1. The molecule has 0 spiro atoms.